The number of benzene rings is 4. The van der Waals surface area contributed by atoms with Crippen molar-refractivity contribution in [3.63, 3.8) is 0 Å². The minimum atomic E-state index is -3.09. The number of halogens is 4. The van der Waals surface area contributed by atoms with Crippen LogP contribution in [0.5, 0.6) is 0 Å². The van der Waals surface area contributed by atoms with Gasteiger partial charge in [0.2, 0.25) is 43.7 Å². The monoisotopic (exact) mass is 1660 g/mol. The van der Waals surface area contributed by atoms with Crippen LogP contribution in [0.2, 0.25) is 0 Å². The lowest BCUT2D eigenvalue weighted by atomic mass is 9.85. The Kier molecular flexibility index (Phi) is 28.8. The van der Waals surface area contributed by atoms with E-state index in [1.807, 2.05) is 62.6 Å². The number of H-pyrrole nitrogens is 6. The first-order valence-corrected chi connectivity index (χ1v) is 45.8. The highest BCUT2D eigenvalue weighted by atomic mass is 32.2. The van der Waals surface area contributed by atoms with Gasteiger partial charge in [-0.2, -0.15) is 4.31 Å². The molecule has 22 nitrogen and oxygen atoms in total. The third-order valence-electron chi connectivity index (χ3n) is 25.2. The van der Waals surface area contributed by atoms with Crippen LogP contribution in [0.3, 0.4) is 0 Å². The van der Waals surface area contributed by atoms with Crippen molar-refractivity contribution >= 4 is 92.9 Å². The number of rotatable bonds is 12. The number of fused-ring (bicyclic) bond motifs is 6. The zero-order valence-electron chi connectivity index (χ0n) is 69.1. The molecule has 4 aromatic carbocycles. The minimum absolute atomic E-state index is 0.146. The van der Waals surface area contributed by atoms with Crippen molar-refractivity contribution in [1.29, 1.82) is 0 Å². The first-order valence-electron chi connectivity index (χ1n) is 42.1. The molecule has 6 aliphatic heterocycles. The molecule has 8 aliphatic rings. The van der Waals surface area contributed by atoms with Crippen molar-refractivity contribution in [2.45, 2.75) is 156 Å². The molecule has 0 atom stereocenters. The summed E-state index contributed by atoms with van der Waals surface area (Å²) >= 11 is 0. The summed E-state index contributed by atoms with van der Waals surface area (Å²) in [5.74, 6) is 1.56. The van der Waals surface area contributed by atoms with Crippen LogP contribution in [0.1, 0.15) is 160 Å². The van der Waals surface area contributed by atoms with Crippen molar-refractivity contribution in [3.05, 3.63) is 195 Å². The van der Waals surface area contributed by atoms with Gasteiger partial charge in [-0.3, -0.25) is 29.0 Å². The maximum Gasteiger partial charge on any atom is 0.219 e. The van der Waals surface area contributed by atoms with Crippen molar-refractivity contribution in [2.24, 2.45) is 11.8 Å². The van der Waals surface area contributed by atoms with Gasteiger partial charge in [0.25, 0.3) is 0 Å². The second kappa shape index (κ2) is 39.3. The van der Waals surface area contributed by atoms with E-state index in [0.717, 1.165) is 185 Å². The van der Waals surface area contributed by atoms with Gasteiger partial charge in [0.15, 0.2) is 0 Å². The van der Waals surface area contributed by atoms with Crippen LogP contribution >= 0.6 is 0 Å². The molecule has 118 heavy (non-hydrogen) atoms. The Bertz CT molecular complexity index is 5150. The lowest BCUT2D eigenvalue weighted by Gasteiger charge is -2.34. The average molecular weight is 1660 g/mol. The number of amides is 4. The van der Waals surface area contributed by atoms with Crippen molar-refractivity contribution in [3.8, 4) is 0 Å². The molecule has 0 saturated carbocycles. The number of aromatic amines is 6. The topological polar surface area (TPSA) is 257 Å². The Labute approximate surface area is 690 Å². The maximum absolute atomic E-state index is 13.2. The smallest absolute Gasteiger partial charge is 0.219 e. The van der Waals surface area contributed by atoms with Crippen molar-refractivity contribution in [1.82, 2.24) is 67.9 Å². The highest BCUT2D eigenvalue weighted by molar-refractivity contribution is 7.88. The van der Waals surface area contributed by atoms with E-state index in [1.165, 1.54) is 161 Å². The van der Waals surface area contributed by atoms with Crippen LogP contribution in [0.25, 0.3) is 49.2 Å². The van der Waals surface area contributed by atoms with Crippen molar-refractivity contribution < 1.29 is 53.6 Å². The molecule has 2 aliphatic carbocycles. The zero-order valence-corrected chi connectivity index (χ0v) is 70.8. The molecule has 28 heteroatoms. The summed E-state index contributed by atoms with van der Waals surface area (Å²) < 4.78 is 102. The fraction of sp³-hybridized carbons (Fsp3) is 0.489. The third-order valence-corrected chi connectivity index (χ3v) is 27.8. The van der Waals surface area contributed by atoms with Crippen LogP contribution in [-0.2, 0) is 90.8 Å². The number of nitrogens with zero attached hydrogens (tertiary/aromatic N) is 8. The van der Waals surface area contributed by atoms with Gasteiger partial charge in [-0.1, -0.05) is 6.08 Å². The molecule has 0 spiro atoms. The van der Waals surface area contributed by atoms with E-state index in [4.69, 9.17) is 0 Å². The summed E-state index contributed by atoms with van der Waals surface area (Å²) in [5, 5.41) is 4.25. The average Bonchev–Trinajstić information content (AvgIpc) is 1.68. The van der Waals surface area contributed by atoms with Crippen LogP contribution in [0.4, 0.5) is 17.6 Å². The highest BCUT2D eigenvalue weighted by Gasteiger charge is 2.31. The Morgan fingerprint density at radius 3 is 1.17 bits per heavy atom. The van der Waals surface area contributed by atoms with Crippen LogP contribution < -0.4 is 0 Å². The molecule has 0 unspecified atom stereocenters. The number of sulfonamides is 2. The molecular formula is C90H116F4N14O8S2. The van der Waals surface area contributed by atoms with E-state index >= 15 is 0 Å². The molecule has 0 radical (unpaired) electrons. The molecule has 6 N–H and O–H groups in total. The highest BCUT2D eigenvalue weighted by Crippen LogP contribution is 2.37. The molecule has 634 valence electrons. The SMILES string of the molecule is CC(=O)N1CC=C(c2c[nH]c3c2CCCC3)CC1.CC(=O)N1CCC(Cc2c[nH]c3cc(F)ccc23)CC1.CC(=O)N1CCC(c2c[nH]c3c2CCCC3)CC1.CC(=O)N1CCN(Cc2c[nH]c3cc(F)ccc23)CC1.CS(=O)(=O)N1CCC(Cc2c[nH]c3cc(F)ccc23)CC1.CS(=O)(=O)N1CCN(Cc2c[nH]c3cc(F)ccc23)CC1. The molecule has 10 aromatic rings. The van der Waals surface area contributed by atoms with Gasteiger partial charge >= 0.3 is 0 Å². The third kappa shape index (κ3) is 22.4. The van der Waals surface area contributed by atoms with Gasteiger partial charge in [0.05, 0.1) is 12.5 Å². The minimum Gasteiger partial charge on any atom is -0.364 e. The van der Waals surface area contributed by atoms with E-state index in [1.54, 1.807) is 49.2 Å². The van der Waals surface area contributed by atoms with Gasteiger partial charge < -0.3 is 49.5 Å². The second-order valence-electron chi connectivity index (χ2n) is 33.2. The van der Waals surface area contributed by atoms with Gasteiger partial charge in [0.1, 0.15) is 23.3 Å². The van der Waals surface area contributed by atoms with Crippen molar-refractivity contribution in [2.75, 3.05) is 117 Å². The number of nitrogens with one attached hydrogen (secondary N) is 6. The van der Waals surface area contributed by atoms with E-state index in [2.05, 4.69) is 58.2 Å². The fourth-order valence-corrected chi connectivity index (χ4v) is 20.0. The van der Waals surface area contributed by atoms with Crippen LogP contribution in [-0.4, -0.2) is 226 Å². The van der Waals surface area contributed by atoms with E-state index < -0.39 is 20.0 Å². The summed E-state index contributed by atoms with van der Waals surface area (Å²) in [5.41, 5.74) is 18.5. The first kappa shape index (κ1) is 86.5. The molecule has 5 fully saturated rings. The summed E-state index contributed by atoms with van der Waals surface area (Å²) in [4.78, 5) is 76.8. The predicted molar refractivity (Wildman–Crippen MR) is 458 cm³/mol. The number of hydrogen-bond donors (Lipinski definition) is 6. The Morgan fingerprint density at radius 1 is 0.381 bits per heavy atom. The molecule has 0 bridgehead atoms. The number of carbonyl (C=O) groups is 4. The first-order chi connectivity index (χ1) is 56.6. The van der Waals surface area contributed by atoms with Gasteiger partial charge in [-0.25, -0.2) is 38.7 Å². The second-order valence-corrected chi connectivity index (χ2v) is 37.2. The zero-order chi connectivity index (χ0) is 83.4. The number of likely N-dealkylation sites (tertiary alicyclic amines) is 2. The number of piperidine rings is 3. The van der Waals surface area contributed by atoms with E-state index in [9.17, 15) is 53.6 Å². The number of aryl methyl sites for hydroxylation is 2. The Hall–Kier alpha value is -9.32. The lowest BCUT2D eigenvalue weighted by Crippen LogP contribution is -2.47. The van der Waals surface area contributed by atoms with E-state index in [0.29, 0.717) is 57.0 Å². The normalized spacial score (nSPS) is 18.4. The molecule has 4 amide bonds. The van der Waals surface area contributed by atoms with E-state index in [-0.39, 0.29) is 46.9 Å². The van der Waals surface area contributed by atoms with Gasteiger partial charge in [-0.15, -0.1) is 0 Å². The lowest BCUT2D eigenvalue weighted by molar-refractivity contribution is -0.131. The summed E-state index contributed by atoms with van der Waals surface area (Å²) in [6.45, 7) is 20.3. The molecule has 12 heterocycles. The standard InChI is InChI=1S/C16H19FN2O.C15H18FN3O.C15H19FN2O2S.C15H22N2O.C15H20N2O.C14H18FN3O2S/c1-11(20)19-6-4-12(5-7-19)8-13-10-18-16-9-14(17)2-3-15(13)16;1-11(20)19-6-4-18(5-7-19)10-12-9-17-15-8-13(16)2-3-14(12)15;1-21(19,20)18-6-4-11(5-7-18)8-12-10-17-15-9-13(16)2-3-14(12)15;2*1-11(18)17-8-6-12(7-9-17)14-10-16-15-5-3-2-4-13(14)15;1-21(19,20)18-6-4-17(5-7-18)10-11-9-16-14-8-12(15)2-3-13(11)14/h2-3,9-10,12,18H,4-8H2,1H3;2-3,8-9,17H,4-7,10H2,1H3;2-3,9-11,17H,4-8H2,1H3;10,12,16H,2-9H2,1H3;6,10,16H,2-5,7-9H2,1H3;2-3,8-9,16H,4-7,10H2,1H3. The number of aromatic nitrogens is 6. The molecular weight excluding hydrogens is 1550 g/mol. The van der Waals surface area contributed by atoms with Gasteiger partial charge in [-0.05, 0) is 250 Å². The van der Waals surface area contributed by atoms with Crippen LogP contribution in [0, 0.1) is 35.1 Å². The summed E-state index contributed by atoms with van der Waals surface area (Å²) in [6.07, 6.45) is 36.1. The fourth-order valence-electron chi connectivity index (χ4n) is 18.3. The largest absolute Gasteiger partial charge is 0.364 e. The summed E-state index contributed by atoms with van der Waals surface area (Å²) in [7, 11) is -6.16. The maximum atomic E-state index is 13.2. The van der Waals surface area contributed by atoms with Gasteiger partial charge in [0, 0.05) is 238 Å². The Morgan fingerprint density at radius 2 is 0.746 bits per heavy atom. The number of hydrogen-bond acceptors (Lipinski definition) is 10. The predicted octanol–water partition coefficient (Wildman–Crippen LogP) is 14.1. The number of carbonyl (C=O) groups excluding carboxylic acids is 4. The molecule has 5 saturated heterocycles. The number of piperazine rings is 2. The van der Waals surface area contributed by atoms with Crippen LogP contribution in [0.15, 0.2) is 116 Å². The molecule has 6 aromatic heterocycles. The Balaban J connectivity index is 0.000000123. The quantitative estimate of drug-likeness (QED) is 0.0631. The molecule has 18 rings (SSSR count). The summed E-state index contributed by atoms with van der Waals surface area (Å²) in [6, 6.07) is 19.3.